The van der Waals surface area contributed by atoms with Gasteiger partial charge in [0.05, 0.1) is 4.90 Å². The first kappa shape index (κ1) is 23.0. The van der Waals surface area contributed by atoms with Gasteiger partial charge in [-0.1, -0.05) is 54.1 Å². The highest BCUT2D eigenvalue weighted by molar-refractivity contribution is 7.92. The Labute approximate surface area is 195 Å². The summed E-state index contributed by atoms with van der Waals surface area (Å²) in [7, 11) is -3.81. The minimum atomic E-state index is -3.81. The number of nitrogens with one attached hydrogen (secondary N) is 2. The molecular formula is C26H29N3O3S. The zero-order chi connectivity index (χ0) is 23.4. The van der Waals surface area contributed by atoms with E-state index >= 15 is 0 Å². The number of likely N-dealkylation sites (tertiary alicyclic amines) is 1. The molecule has 0 aliphatic carbocycles. The van der Waals surface area contributed by atoms with Gasteiger partial charge in [-0.15, -0.1) is 0 Å². The SMILES string of the molecule is Cc1ccc(NS(=O)(=O)c2ccc(C)c(C(=O)NC3CCN(Cc4ccccc4)C3)c2)cc1. The van der Waals surface area contributed by atoms with Crippen molar-refractivity contribution in [1.29, 1.82) is 0 Å². The van der Waals surface area contributed by atoms with E-state index in [0.29, 0.717) is 11.3 Å². The van der Waals surface area contributed by atoms with E-state index < -0.39 is 10.0 Å². The molecule has 2 N–H and O–H groups in total. The maximum Gasteiger partial charge on any atom is 0.261 e. The van der Waals surface area contributed by atoms with Crippen molar-refractivity contribution in [3.05, 3.63) is 95.1 Å². The van der Waals surface area contributed by atoms with Crippen molar-refractivity contribution >= 4 is 21.6 Å². The van der Waals surface area contributed by atoms with Crippen LogP contribution in [0.15, 0.2) is 77.7 Å². The molecule has 1 aliphatic heterocycles. The summed E-state index contributed by atoms with van der Waals surface area (Å²) in [5, 5.41) is 3.09. The van der Waals surface area contributed by atoms with E-state index in [1.807, 2.05) is 44.2 Å². The molecule has 33 heavy (non-hydrogen) atoms. The van der Waals surface area contributed by atoms with Gasteiger partial charge in [-0.2, -0.15) is 0 Å². The molecule has 7 heteroatoms. The summed E-state index contributed by atoms with van der Waals surface area (Å²) in [6, 6.07) is 22.1. The molecule has 3 aromatic carbocycles. The highest BCUT2D eigenvalue weighted by atomic mass is 32.2. The molecule has 6 nitrogen and oxygen atoms in total. The molecule has 1 unspecified atom stereocenters. The summed E-state index contributed by atoms with van der Waals surface area (Å²) in [6.07, 6.45) is 0.866. The van der Waals surface area contributed by atoms with Gasteiger partial charge in [0.2, 0.25) is 0 Å². The molecule has 0 saturated carbocycles. The van der Waals surface area contributed by atoms with E-state index in [4.69, 9.17) is 0 Å². The largest absolute Gasteiger partial charge is 0.348 e. The van der Waals surface area contributed by atoms with Crippen molar-refractivity contribution in [2.45, 2.75) is 37.8 Å². The summed E-state index contributed by atoms with van der Waals surface area (Å²) < 4.78 is 28.4. The number of amides is 1. The molecule has 4 rings (SSSR count). The molecule has 1 heterocycles. The standard InChI is InChI=1S/C26H29N3O3S/c1-19-8-11-22(12-9-19)28-33(31,32)24-13-10-20(2)25(16-24)26(30)27-23-14-15-29(18-23)17-21-6-4-3-5-7-21/h3-13,16,23,28H,14-15,17-18H2,1-2H3,(H,27,30). The lowest BCUT2D eigenvalue weighted by Gasteiger charge is -2.17. The Kier molecular flexibility index (Phi) is 6.81. The van der Waals surface area contributed by atoms with Crippen LogP contribution in [0.4, 0.5) is 5.69 Å². The first-order valence-corrected chi connectivity index (χ1v) is 12.6. The number of sulfonamides is 1. The number of carbonyl (C=O) groups is 1. The van der Waals surface area contributed by atoms with Crippen molar-refractivity contribution in [2.24, 2.45) is 0 Å². The number of nitrogens with zero attached hydrogens (tertiary/aromatic N) is 1. The second kappa shape index (κ2) is 9.77. The Bertz CT molecular complexity index is 1230. The maximum atomic E-state index is 13.0. The van der Waals surface area contributed by atoms with Gasteiger partial charge in [0, 0.05) is 36.9 Å². The summed E-state index contributed by atoms with van der Waals surface area (Å²) in [5.74, 6) is -0.244. The third-order valence-corrected chi connectivity index (χ3v) is 7.30. The predicted molar refractivity (Wildman–Crippen MR) is 131 cm³/mol. The third kappa shape index (κ3) is 5.80. The fraction of sp³-hybridized carbons (Fsp3) is 0.269. The molecule has 1 aliphatic rings. The van der Waals surface area contributed by atoms with Crippen LogP contribution in [-0.2, 0) is 16.6 Å². The average Bonchev–Trinajstić information content (AvgIpc) is 3.22. The average molecular weight is 464 g/mol. The zero-order valence-corrected chi connectivity index (χ0v) is 19.7. The Morgan fingerprint density at radius 1 is 1.00 bits per heavy atom. The number of carbonyl (C=O) groups excluding carboxylic acids is 1. The van der Waals surface area contributed by atoms with Gasteiger partial charge in [0.15, 0.2) is 0 Å². The van der Waals surface area contributed by atoms with Gasteiger partial charge in [0.1, 0.15) is 0 Å². The van der Waals surface area contributed by atoms with Gasteiger partial charge in [-0.05, 0) is 55.7 Å². The molecule has 3 aromatic rings. The Hall–Kier alpha value is -3.16. The maximum absolute atomic E-state index is 13.0. The summed E-state index contributed by atoms with van der Waals surface area (Å²) >= 11 is 0. The van der Waals surface area contributed by atoms with E-state index in [1.54, 1.807) is 18.2 Å². The van der Waals surface area contributed by atoms with Gasteiger partial charge < -0.3 is 5.32 Å². The summed E-state index contributed by atoms with van der Waals surface area (Å²) in [6.45, 7) is 6.29. The van der Waals surface area contributed by atoms with Crippen LogP contribution in [0.1, 0.15) is 33.5 Å². The van der Waals surface area contributed by atoms with Crippen LogP contribution in [0.2, 0.25) is 0 Å². The van der Waals surface area contributed by atoms with E-state index in [9.17, 15) is 13.2 Å². The lowest BCUT2D eigenvalue weighted by Crippen LogP contribution is -2.37. The van der Waals surface area contributed by atoms with Crippen LogP contribution >= 0.6 is 0 Å². The van der Waals surface area contributed by atoms with Crippen LogP contribution in [-0.4, -0.2) is 38.4 Å². The Morgan fingerprint density at radius 2 is 1.73 bits per heavy atom. The molecule has 1 fully saturated rings. The molecule has 1 amide bonds. The summed E-state index contributed by atoms with van der Waals surface area (Å²) in [4.78, 5) is 15.4. The predicted octanol–water partition coefficient (Wildman–Crippen LogP) is 4.11. The minimum Gasteiger partial charge on any atom is -0.348 e. The molecule has 0 aromatic heterocycles. The second-order valence-corrected chi connectivity index (χ2v) is 10.3. The number of aryl methyl sites for hydroxylation is 2. The number of hydrogen-bond acceptors (Lipinski definition) is 4. The Balaban J connectivity index is 1.43. The highest BCUT2D eigenvalue weighted by Gasteiger charge is 2.25. The van der Waals surface area contributed by atoms with Crippen molar-refractivity contribution in [3.63, 3.8) is 0 Å². The number of hydrogen-bond donors (Lipinski definition) is 2. The van der Waals surface area contributed by atoms with E-state index in [0.717, 1.165) is 37.2 Å². The van der Waals surface area contributed by atoms with Crippen molar-refractivity contribution < 1.29 is 13.2 Å². The second-order valence-electron chi connectivity index (χ2n) is 8.63. The monoisotopic (exact) mass is 463 g/mol. The van der Waals surface area contributed by atoms with Crippen LogP contribution in [0.25, 0.3) is 0 Å². The van der Waals surface area contributed by atoms with Crippen molar-refractivity contribution in [3.8, 4) is 0 Å². The van der Waals surface area contributed by atoms with Crippen molar-refractivity contribution in [2.75, 3.05) is 17.8 Å². The van der Waals surface area contributed by atoms with Gasteiger partial charge >= 0.3 is 0 Å². The molecule has 1 saturated heterocycles. The van der Waals surface area contributed by atoms with Gasteiger partial charge in [-0.25, -0.2) is 8.42 Å². The molecule has 0 spiro atoms. The third-order valence-electron chi connectivity index (χ3n) is 5.92. The first-order chi connectivity index (χ1) is 15.8. The molecule has 0 radical (unpaired) electrons. The van der Waals surface area contributed by atoms with E-state index in [1.165, 1.54) is 17.7 Å². The summed E-state index contributed by atoms with van der Waals surface area (Å²) in [5.41, 5.74) is 3.89. The smallest absolute Gasteiger partial charge is 0.261 e. The van der Waals surface area contributed by atoms with E-state index in [-0.39, 0.29) is 16.8 Å². The molecular weight excluding hydrogens is 434 g/mol. The minimum absolute atomic E-state index is 0.0339. The zero-order valence-electron chi connectivity index (χ0n) is 18.9. The topological polar surface area (TPSA) is 78.5 Å². The fourth-order valence-corrected chi connectivity index (χ4v) is 5.13. The molecule has 0 bridgehead atoms. The van der Waals surface area contributed by atoms with Gasteiger partial charge in [0.25, 0.3) is 15.9 Å². The van der Waals surface area contributed by atoms with Crippen molar-refractivity contribution in [1.82, 2.24) is 10.2 Å². The molecule has 172 valence electrons. The number of anilines is 1. The van der Waals surface area contributed by atoms with Crippen LogP contribution in [0, 0.1) is 13.8 Å². The number of benzene rings is 3. The fourth-order valence-electron chi connectivity index (χ4n) is 4.05. The van der Waals surface area contributed by atoms with Crippen LogP contribution < -0.4 is 10.0 Å². The van der Waals surface area contributed by atoms with Gasteiger partial charge in [-0.3, -0.25) is 14.4 Å². The highest BCUT2D eigenvalue weighted by Crippen LogP contribution is 2.21. The quantitative estimate of drug-likeness (QED) is 0.553. The van der Waals surface area contributed by atoms with E-state index in [2.05, 4.69) is 27.1 Å². The first-order valence-electron chi connectivity index (χ1n) is 11.1. The lowest BCUT2D eigenvalue weighted by atomic mass is 10.1. The van der Waals surface area contributed by atoms with Crippen LogP contribution in [0.3, 0.4) is 0 Å². The number of rotatable bonds is 7. The lowest BCUT2D eigenvalue weighted by molar-refractivity contribution is 0.0937. The van der Waals surface area contributed by atoms with Crippen LogP contribution in [0.5, 0.6) is 0 Å². The Morgan fingerprint density at radius 3 is 2.45 bits per heavy atom. The molecule has 1 atom stereocenters. The normalized spacial score (nSPS) is 16.5.